The predicted octanol–water partition coefficient (Wildman–Crippen LogP) is -7.54. The molecule has 0 unspecified atom stereocenters. The van der Waals surface area contributed by atoms with E-state index < -0.39 is 29.1 Å². The Labute approximate surface area is 182 Å². The third kappa shape index (κ3) is 18.8. The van der Waals surface area contributed by atoms with Crippen molar-refractivity contribution in [2.24, 2.45) is 0 Å². The zero-order valence-corrected chi connectivity index (χ0v) is 19.7. The van der Waals surface area contributed by atoms with Gasteiger partial charge in [-0.1, -0.05) is 0 Å². The Bertz CT molecular complexity index is 257. The molecule has 0 aromatic rings. The molecule has 0 rings (SSSR count). The van der Waals surface area contributed by atoms with Crippen LogP contribution in [0.25, 0.3) is 0 Å². The van der Waals surface area contributed by atoms with E-state index in [0.29, 0.717) is 0 Å². The largest absolute Gasteiger partial charge is 0.907 e. The highest BCUT2D eigenvalue weighted by Gasteiger charge is 2.35. The van der Waals surface area contributed by atoms with Crippen LogP contribution in [0.3, 0.4) is 0 Å². The molecule has 0 radical (unpaired) electrons. The highest BCUT2D eigenvalue weighted by Crippen LogP contribution is 2.55. The second-order valence-corrected chi connectivity index (χ2v) is 17.5. The minimum Gasteiger partial charge on any atom is -0.907 e. The van der Waals surface area contributed by atoms with Crippen molar-refractivity contribution in [2.45, 2.75) is 0 Å². The van der Waals surface area contributed by atoms with Crippen LogP contribution in [0.4, 0.5) is 0 Å². The lowest BCUT2D eigenvalue weighted by Gasteiger charge is -2.35. The fourth-order valence-corrected chi connectivity index (χ4v) is 2.41. The summed E-state index contributed by atoms with van der Waals surface area (Å²) in [6, 6.07) is 0. The Hall–Kier alpha value is 0.755. The lowest BCUT2D eigenvalue weighted by molar-refractivity contribution is -0.479. The molecular weight excluding hydrogens is 488 g/mol. The van der Waals surface area contributed by atoms with Crippen molar-refractivity contribution in [1.82, 2.24) is 0 Å². The van der Waals surface area contributed by atoms with E-state index >= 15 is 0 Å². The quantitative estimate of drug-likeness (QED) is 0.0833. The molecule has 0 amide bonds. The Morgan fingerprint density at radius 1 is 0.323 bits per heavy atom. The molecule has 0 aliphatic carbocycles. The summed E-state index contributed by atoms with van der Waals surface area (Å²) >= 11 is 0. The standard InChI is InChI=1S/3C4H12O4P.BO3/c3*5-1-9(2-6,3-7)4-8;2-1(3)4/h3*5-8H,1-4H2;/q3*+1;-3. The van der Waals surface area contributed by atoms with E-state index in [1.54, 1.807) is 0 Å². The van der Waals surface area contributed by atoms with Gasteiger partial charge in [-0.25, -0.2) is 0 Å². The normalized spacial score (nSPS) is 11.3. The Morgan fingerprint density at radius 2 is 0.387 bits per heavy atom. The van der Waals surface area contributed by atoms with Crippen LogP contribution in [0.5, 0.6) is 0 Å². The minimum atomic E-state index is -2.92. The van der Waals surface area contributed by atoms with E-state index in [1.165, 1.54) is 0 Å². The average Bonchev–Trinajstić information content (AvgIpc) is 2.80. The SMILES string of the molecule is OC[P+](CO)(CO)CO.OC[P+](CO)(CO)CO.OC[P+](CO)(CO)CO.[O-]B([O-])[O-]. The highest BCUT2D eigenvalue weighted by molar-refractivity contribution is 7.75. The zero-order chi connectivity index (χ0) is 25.6. The summed E-state index contributed by atoms with van der Waals surface area (Å²) in [5, 5.41) is 128. The maximum absolute atomic E-state index is 8.55. The van der Waals surface area contributed by atoms with Crippen molar-refractivity contribution < 1.29 is 76.4 Å². The van der Waals surface area contributed by atoms with Gasteiger partial charge in [0.05, 0.1) is 0 Å². The van der Waals surface area contributed by atoms with Gasteiger partial charge >= 0.3 is 0 Å². The molecule has 15 nitrogen and oxygen atoms in total. The topological polar surface area (TPSA) is 312 Å². The average molecular weight is 524 g/mol. The van der Waals surface area contributed by atoms with Gasteiger partial charge in [0.15, 0.2) is 76.2 Å². The van der Waals surface area contributed by atoms with E-state index in [4.69, 9.17) is 76.4 Å². The van der Waals surface area contributed by atoms with Crippen molar-refractivity contribution in [3.05, 3.63) is 0 Å². The molecule has 0 aliphatic heterocycles. The highest BCUT2D eigenvalue weighted by atomic mass is 31.2. The molecule has 192 valence electrons. The molecule has 0 atom stereocenters. The summed E-state index contributed by atoms with van der Waals surface area (Å²) in [7, 11) is -9.51. The molecule has 19 heteroatoms. The van der Waals surface area contributed by atoms with Gasteiger partial charge in [-0.15, -0.1) is 0 Å². The van der Waals surface area contributed by atoms with Crippen LogP contribution < -0.4 is 15.1 Å². The summed E-state index contributed by atoms with van der Waals surface area (Å²) in [6.45, 7) is 0. The van der Waals surface area contributed by atoms with Crippen molar-refractivity contribution >= 4 is 29.1 Å². The van der Waals surface area contributed by atoms with Gasteiger partial charge in [0.1, 0.15) is 21.8 Å². The molecule has 0 aliphatic rings. The van der Waals surface area contributed by atoms with E-state index in [9.17, 15) is 0 Å². The number of hydrogen-bond donors (Lipinski definition) is 12. The molecule has 12 N–H and O–H groups in total. The van der Waals surface area contributed by atoms with Crippen LogP contribution in [0.2, 0.25) is 0 Å². The van der Waals surface area contributed by atoms with E-state index in [-0.39, 0.29) is 76.2 Å². The molecule has 0 saturated heterocycles. The first-order valence-corrected chi connectivity index (χ1v) is 15.9. The second-order valence-electron chi connectivity index (χ2n) is 6.01. The van der Waals surface area contributed by atoms with Crippen molar-refractivity contribution in [3.63, 3.8) is 0 Å². The molecule has 0 bridgehead atoms. The zero-order valence-electron chi connectivity index (χ0n) is 17.0. The summed E-state index contributed by atoms with van der Waals surface area (Å²) in [5.41, 5.74) is 0. The van der Waals surface area contributed by atoms with Gasteiger partial charge in [-0.3, -0.25) is 7.32 Å². The molecule has 31 heavy (non-hydrogen) atoms. The van der Waals surface area contributed by atoms with Crippen molar-refractivity contribution in [2.75, 3.05) is 76.2 Å². The first-order valence-electron chi connectivity index (χ1n) is 8.30. The summed E-state index contributed by atoms with van der Waals surface area (Å²) in [5.74, 6) is 0. The number of aliphatic hydroxyl groups excluding tert-OH is 12. The monoisotopic (exact) mass is 524 g/mol. The minimum absolute atomic E-state index is 0.295. The maximum Gasteiger partial charge on any atom is 0.161 e. The van der Waals surface area contributed by atoms with Gasteiger partial charge in [-0.2, -0.15) is 0 Å². The predicted molar refractivity (Wildman–Crippen MR) is 112 cm³/mol. The van der Waals surface area contributed by atoms with Crippen LogP contribution in [-0.2, 0) is 0 Å². The van der Waals surface area contributed by atoms with Crippen molar-refractivity contribution in [3.8, 4) is 0 Å². The van der Waals surface area contributed by atoms with Crippen molar-refractivity contribution in [1.29, 1.82) is 0 Å². The Morgan fingerprint density at radius 3 is 0.387 bits per heavy atom. The van der Waals surface area contributed by atoms with Crippen LogP contribution >= 0.6 is 21.8 Å². The lowest BCUT2D eigenvalue weighted by Crippen LogP contribution is -2.56. The molecular formula is C12H36BO15P3. The smallest absolute Gasteiger partial charge is 0.161 e. The third-order valence-electron chi connectivity index (χ3n) is 3.60. The Kier molecular flexibility index (Phi) is 30.1. The van der Waals surface area contributed by atoms with Crippen LogP contribution in [0, 0.1) is 0 Å². The molecule has 0 aromatic heterocycles. The number of aliphatic hydroxyl groups is 12. The van der Waals surface area contributed by atoms with E-state index in [0.717, 1.165) is 0 Å². The van der Waals surface area contributed by atoms with E-state index in [1.807, 2.05) is 0 Å². The van der Waals surface area contributed by atoms with Gasteiger partial charge in [0.25, 0.3) is 0 Å². The van der Waals surface area contributed by atoms with Crippen LogP contribution in [0.15, 0.2) is 0 Å². The fraction of sp³-hybridized carbons (Fsp3) is 1.00. The third-order valence-corrected chi connectivity index (χ3v) is 10.8. The van der Waals surface area contributed by atoms with Crippen LogP contribution in [-0.4, -0.2) is 145 Å². The number of rotatable bonds is 12. The molecule has 0 heterocycles. The summed E-state index contributed by atoms with van der Waals surface area (Å²) in [4.78, 5) is 0. The number of hydrogen-bond acceptors (Lipinski definition) is 15. The first kappa shape index (κ1) is 39.0. The molecule has 0 aromatic carbocycles. The first-order chi connectivity index (χ1) is 14.5. The lowest BCUT2D eigenvalue weighted by atomic mass is 10.3. The van der Waals surface area contributed by atoms with Gasteiger partial charge in [0, 0.05) is 0 Å². The fourth-order valence-electron chi connectivity index (χ4n) is 0.805. The summed E-state index contributed by atoms with van der Waals surface area (Å²) in [6.07, 6.45) is -3.54. The van der Waals surface area contributed by atoms with Gasteiger partial charge in [0.2, 0.25) is 0 Å². The van der Waals surface area contributed by atoms with Crippen LogP contribution in [0.1, 0.15) is 0 Å². The van der Waals surface area contributed by atoms with Gasteiger partial charge < -0.3 is 76.4 Å². The van der Waals surface area contributed by atoms with E-state index in [2.05, 4.69) is 0 Å². The maximum atomic E-state index is 8.55. The molecule has 0 fully saturated rings. The second kappa shape index (κ2) is 23.9. The molecule has 0 saturated carbocycles. The summed E-state index contributed by atoms with van der Waals surface area (Å²) < 4.78 is 0. The Balaban J connectivity index is -0.000000162. The van der Waals surface area contributed by atoms with Gasteiger partial charge in [-0.05, 0) is 0 Å². The molecule has 0 spiro atoms.